The first kappa shape index (κ1) is 57.8. The van der Waals surface area contributed by atoms with E-state index < -0.39 is 87.6 Å². The molecule has 6 aliphatic heterocycles. The fraction of sp³-hybridized carbons (Fsp3) is 0.0323. The van der Waals surface area contributed by atoms with Gasteiger partial charge in [0.1, 0.15) is 0 Å². The second kappa shape index (κ2) is 22.1. The van der Waals surface area contributed by atoms with E-state index in [1.807, 2.05) is 304 Å². The van der Waals surface area contributed by atoms with Crippen molar-refractivity contribution in [1.82, 2.24) is 0 Å². The Kier molecular flexibility index (Phi) is 14.5. The summed E-state index contributed by atoms with van der Waals surface area (Å²) in [6.07, 6.45) is 0. The third-order valence-electron chi connectivity index (χ3n) is 15.9. The van der Waals surface area contributed by atoms with Gasteiger partial charge in [-0.2, -0.15) is 0 Å². The van der Waals surface area contributed by atoms with Gasteiger partial charge in [-0.3, -0.25) is 0 Å². The zero-order valence-electron chi connectivity index (χ0n) is 47.6. The first-order valence-corrected chi connectivity index (χ1v) is 47.2. The Hall–Kier alpha value is -6.59. The summed E-state index contributed by atoms with van der Waals surface area (Å²) in [5.74, 6) is 0. The van der Waals surface area contributed by atoms with E-state index in [1.165, 1.54) is 0 Å². The third-order valence-corrected chi connectivity index (χ3v) is 59.0. The Balaban J connectivity index is 1.23. The summed E-state index contributed by atoms with van der Waals surface area (Å²) in [7, 11) is -50.8. The average molecular weight is 1340 g/mol. The predicted molar refractivity (Wildman–Crippen MR) is 354 cm³/mol. The number of nitrogen functional groups attached to an aromatic ring is 2. The number of anilines is 2. The van der Waals surface area contributed by atoms with Crippen molar-refractivity contribution in [3.05, 3.63) is 291 Å². The highest BCUT2D eigenvalue weighted by atomic mass is 28.6. The molecule has 4 atom stereocenters. The van der Waals surface area contributed by atoms with Gasteiger partial charge in [0, 0.05) is 52.9 Å². The van der Waals surface area contributed by atoms with Gasteiger partial charge in [0.15, 0.2) is 0 Å². The van der Waals surface area contributed by atoms with Crippen LogP contribution in [0.2, 0.25) is 13.1 Å². The van der Waals surface area contributed by atoms with Crippen molar-refractivity contribution < 1.29 is 57.6 Å². The van der Waals surface area contributed by atoms with Crippen LogP contribution in [0.3, 0.4) is 0 Å². The predicted octanol–water partition coefficient (Wildman–Crippen LogP) is 4.18. The van der Waals surface area contributed by atoms with Gasteiger partial charge in [0.05, 0.1) is 0 Å². The van der Waals surface area contributed by atoms with Gasteiger partial charge in [0.25, 0.3) is 0 Å². The summed E-state index contributed by atoms with van der Waals surface area (Å²) in [4.78, 5) is 0. The van der Waals surface area contributed by atoms with Crippen LogP contribution >= 0.6 is 0 Å². The van der Waals surface area contributed by atoms with Gasteiger partial charge < -0.3 is 69.1 Å². The molecule has 26 heteroatoms. The Morgan fingerprint density at radius 1 is 0.182 bits per heavy atom. The van der Waals surface area contributed by atoms with E-state index >= 15 is 0 Å². The topological polar surface area (TPSA) is 181 Å². The summed E-state index contributed by atoms with van der Waals surface area (Å²) in [5, 5.41) is 5.02. The fourth-order valence-electron chi connectivity index (χ4n) is 11.7. The molecular weight excluding hydrogens is 1280 g/mol. The molecule has 0 radical (unpaired) electrons. The highest BCUT2D eigenvalue weighted by Gasteiger charge is 2.84. The maximum atomic E-state index is 8.62. The quantitative estimate of drug-likeness (QED) is 0.147. The lowest BCUT2D eigenvalue weighted by Crippen LogP contribution is -2.94. The molecule has 0 saturated carbocycles. The lowest BCUT2D eigenvalue weighted by atomic mass is 10.3. The van der Waals surface area contributed by atoms with E-state index in [1.54, 1.807) is 0 Å². The molecule has 6 fully saturated rings. The molecule has 88 heavy (non-hydrogen) atoms. The zero-order chi connectivity index (χ0) is 59.8. The molecule has 10 aromatic carbocycles. The minimum Gasteiger partial charge on any atom is -0.399 e. The molecule has 0 aliphatic carbocycles. The molecule has 16 nitrogen and oxygen atoms in total. The molecular formula is C62H58N2O14Si10. The number of fused-ring (bicyclic) bond motifs is 4. The Morgan fingerprint density at radius 3 is 0.591 bits per heavy atom. The van der Waals surface area contributed by atoms with Crippen LogP contribution in [0, 0.1) is 0 Å². The molecule has 4 N–H and O–H groups in total. The molecule has 6 saturated heterocycles. The SMILES string of the molecule is C[Si]1(c2ccc(N)cc2)O[Si]2(c3ccccc3)O[Si]3(c4ccccc4)O[Si]4(c5ccccc5)O[Si](C)(c5cccc(N)c5)O[Si]5(c6ccccc6)O[Si](c6ccccc6)(O[Si](c6ccccc6)(O1)O[Si](c1ccccc1)(O5)O[Si](c1ccccc1)(O2)O4)O3. The summed E-state index contributed by atoms with van der Waals surface area (Å²) in [5.41, 5.74) is 14.5. The summed E-state index contributed by atoms with van der Waals surface area (Å²) in [6, 6.07) is 91.8. The van der Waals surface area contributed by atoms with Crippen molar-refractivity contribution in [2.75, 3.05) is 11.5 Å². The number of nitrogens with two attached hydrogens (primary N) is 2. The summed E-state index contributed by atoms with van der Waals surface area (Å²) >= 11 is 0. The lowest BCUT2D eigenvalue weighted by molar-refractivity contribution is 0.0274. The molecule has 6 aliphatic rings. The van der Waals surface area contributed by atoms with Gasteiger partial charge in [-0.25, -0.2) is 0 Å². The normalized spacial score (nSPS) is 32.6. The number of rotatable bonds is 10. The minimum absolute atomic E-state index is 0.446. The molecule has 0 spiro atoms. The van der Waals surface area contributed by atoms with E-state index in [9.17, 15) is 0 Å². The van der Waals surface area contributed by atoms with E-state index in [2.05, 4.69) is 0 Å². The lowest BCUT2D eigenvalue weighted by Gasteiger charge is -2.60. The summed E-state index contributed by atoms with van der Waals surface area (Å²) in [6.45, 7) is 3.90. The van der Waals surface area contributed by atoms with Crippen LogP contribution in [0.5, 0.6) is 0 Å². The van der Waals surface area contributed by atoms with Crippen molar-refractivity contribution in [1.29, 1.82) is 0 Å². The molecule has 0 aromatic heterocycles. The maximum Gasteiger partial charge on any atom is 0.515 e. The molecule has 4 unspecified atom stereocenters. The second-order valence-electron chi connectivity index (χ2n) is 21.9. The van der Waals surface area contributed by atoms with Crippen LogP contribution in [0.1, 0.15) is 0 Å². The first-order valence-electron chi connectivity index (χ1n) is 28.7. The van der Waals surface area contributed by atoms with Gasteiger partial charge >= 0.3 is 87.6 Å². The molecule has 10 aromatic rings. The van der Waals surface area contributed by atoms with Crippen molar-refractivity contribution >= 4 is 151 Å². The van der Waals surface area contributed by atoms with Crippen LogP contribution in [0.4, 0.5) is 11.4 Å². The van der Waals surface area contributed by atoms with Crippen LogP contribution in [0.15, 0.2) is 291 Å². The van der Waals surface area contributed by atoms with E-state index in [4.69, 9.17) is 69.1 Å². The van der Waals surface area contributed by atoms with Crippen LogP contribution < -0.4 is 63.3 Å². The molecule has 6 heterocycles. The average Bonchev–Trinajstić information content (AvgIpc) is 0.686. The number of benzene rings is 10. The zero-order valence-corrected chi connectivity index (χ0v) is 57.6. The Bertz CT molecular complexity index is 3800. The molecule has 8 bridgehead atoms. The van der Waals surface area contributed by atoms with E-state index in [0.29, 0.717) is 63.2 Å². The monoisotopic (exact) mass is 1330 g/mol. The van der Waals surface area contributed by atoms with Gasteiger partial charge in [0.2, 0.25) is 0 Å². The van der Waals surface area contributed by atoms with Crippen LogP contribution in [-0.2, 0) is 57.6 Å². The highest BCUT2D eigenvalue weighted by molar-refractivity contribution is 7.14. The smallest absolute Gasteiger partial charge is 0.399 e. The Morgan fingerprint density at radius 2 is 0.375 bits per heavy atom. The van der Waals surface area contributed by atoms with E-state index in [0.717, 1.165) is 0 Å². The third kappa shape index (κ3) is 9.96. The highest BCUT2D eigenvalue weighted by Crippen LogP contribution is 2.47. The molecule has 440 valence electrons. The van der Waals surface area contributed by atoms with Crippen molar-refractivity contribution in [2.45, 2.75) is 13.1 Å². The van der Waals surface area contributed by atoms with E-state index in [-0.39, 0.29) is 0 Å². The van der Waals surface area contributed by atoms with Gasteiger partial charge in [-0.1, -0.05) is 267 Å². The van der Waals surface area contributed by atoms with Crippen molar-refractivity contribution in [3.63, 3.8) is 0 Å². The van der Waals surface area contributed by atoms with Crippen LogP contribution in [0.25, 0.3) is 0 Å². The number of hydrogen-bond acceptors (Lipinski definition) is 16. The van der Waals surface area contributed by atoms with Gasteiger partial charge in [-0.15, -0.1) is 0 Å². The number of hydrogen-bond donors (Lipinski definition) is 2. The molecule has 0 amide bonds. The largest absolute Gasteiger partial charge is 0.515 e. The standard InChI is InChI=1S/C62H58N2O14Si10/c1-79(53-48-46-51(63)47-49-53)65-81(54-29-11-3-12-30-54)69-85(58-37-19-7-20-38-58)73-83(56-33-15-5-16-34-56)67-80(2,62-45-27-28-52(64)50-62)68-84(57-35-17-6-18-36-57)75-87(77-85,60-41-23-9-24-42-60)71-82(66-79,55-31-13-4-14-32-55)72-88(76-84,61-43-25-10-26-44-61)78-86(70-81,74-83)59-39-21-8-22-40-59/h3-50H,63-64H2,1-2H3. The Labute approximate surface area is 520 Å². The van der Waals surface area contributed by atoms with Gasteiger partial charge in [-0.05, 0) is 47.7 Å². The second-order valence-corrected chi connectivity index (χ2v) is 51.8. The maximum absolute atomic E-state index is 8.62. The van der Waals surface area contributed by atoms with Crippen molar-refractivity contribution in [2.24, 2.45) is 0 Å². The molecule has 16 rings (SSSR count). The van der Waals surface area contributed by atoms with Crippen molar-refractivity contribution in [3.8, 4) is 0 Å². The fourth-order valence-corrected chi connectivity index (χ4v) is 67.8. The summed E-state index contributed by atoms with van der Waals surface area (Å²) < 4.78 is 120. The minimum atomic E-state index is -5.30. The van der Waals surface area contributed by atoms with Crippen LogP contribution in [-0.4, -0.2) is 87.6 Å². The first-order chi connectivity index (χ1) is 42.7.